The SMILES string of the molecule is Cc1cn([C@H]2CC(O)[C@@H](CO)O2)c(=O)[nH]c1=O.OC[C@H]1OC[C@@H](O)[C@@H]1O. The molecule has 0 bridgehead atoms. The van der Waals surface area contributed by atoms with Gasteiger partial charge in [-0.1, -0.05) is 0 Å². The molecule has 0 amide bonds. The molecule has 11 heteroatoms. The van der Waals surface area contributed by atoms with Crippen molar-refractivity contribution in [3.63, 3.8) is 0 Å². The molecule has 1 aromatic rings. The van der Waals surface area contributed by atoms with Crippen LogP contribution in [0, 0.1) is 6.92 Å². The maximum Gasteiger partial charge on any atom is 0.330 e. The summed E-state index contributed by atoms with van der Waals surface area (Å²) in [6, 6.07) is 0. The summed E-state index contributed by atoms with van der Waals surface area (Å²) in [5, 5.41) is 44.7. The van der Waals surface area contributed by atoms with Crippen LogP contribution < -0.4 is 11.2 Å². The lowest BCUT2D eigenvalue weighted by Gasteiger charge is -2.14. The lowest BCUT2D eigenvalue weighted by atomic mass is 10.2. The molecule has 26 heavy (non-hydrogen) atoms. The van der Waals surface area contributed by atoms with E-state index in [1.165, 1.54) is 10.8 Å². The van der Waals surface area contributed by atoms with E-state index in [9.17, 15) is 14.7 Å². The Morgan fingerprint density at radius 3 is 2.27 bits per heavy atom. The van der Waals surface area contributed by atoms with E-state index in [-0.39, 0.29) is 26.2 Å². The molecule has 2 aliphatic heterocycles. The number of ether oxygens (including phenoxy) is 2. The Hall–Kier alpha value is -1.60. The van der Waals surface area contributed by atoms with Gasteiger partial charge < -0.3 is 35.0 Å². The third-order valence-electron chi connectivity index (χ3n) is 4.28. The van der Waals surface area contributed by atoms with Crippen LogP contribution in [0.3, 0.4) is 0 Å². The summed E-state index contributed by atoms with van der Waals surface area (Å²) in [6.07, 6.45) is -2.93. The van der Waals surface area contributed by atoms with Crippen molar-refractivity contribution in [1.82, 2.24) is 9.55 Å². The summed E-state index contributed by atoms with van der Waals surface area (Å²) in [4.78, 5) is 24.9. The molecule has 2 saturated heterocycles. The fourth-order valence-electron chi connectivity index (χ4n) is 2.68. The number of aromatic amines is 1. The second kappa shape index (κ2) is 8.86. The van der Waals surface area contributed by atoms with Crippen LogP contribution in [0.25, 0.3) is 0 Å². The summed E-state index contributed by atoms with van der Waals surface area (Å²) in [5.74, 6) is 0. The Morgan fingerprint density at radius 2 is 1.81 bits per heavy atom. The second-order valence-corrected chi connectivity index (χ2v) is 6.21. The summed E-state index contributed by atoms with van der Waals surface area (Å²) in [5.41, 5.74) is -0.643. The Labute approximate surface area is 148 Å². The molecular weight excluding hydrogens is 352 g/mol. The largest absolute Gasteiger partial charge is 0.394 e. The molecule has 1 unspecified atom stereocenters. The van der Waals surface area contributed by atoms with E-state index < -0.39 is 48.0 Å². The zero-order valence-corrected chi connectivity index (χ0v) is 14.2. The standard InChI is InChI=1S/C10H14N2O5.C5H10O4/c1-5-3-12(10(16)11-9(5)15)8-2-6(14)7(4-13)17-8;6-1-4-5(8)3(7)2-9-4/h3,6-8,13-14H,2,4H2,1H3,(H,11,15,16);3-8H,1-2H2/t6?,7-,8-;3-,4-,5+/m11/s1. The normalized spacial score (nSPS) is 33.8. The van der Waals surface area contributed by atoms with Crippen LogP contribution in [0.1, 0.15) is 18.2 Å². The topological polar surface area (TPSA) is 174 Å². The van der Waals surface area contributed by atoms with Crippen molar-refractivity contribution in [1.29, 1.82) is 0 Å². The molecule has 3 heterocycles. The first-order valence-electron chi connectivity index (χ1n) is 8.13. The summed E-state index contributed by atoms with van der Waals surface area (Å²) in [6.45, 7) is 1.14. The van der Waals surface area contributed by atoms with E-state index in [2.05, 4.69) is 4.98 Å². The molecule has 0 saturated carbocycles. The number of aliphatic hydroxyl groups is 5. The van der Waals surface area contributed by atoms with E-state index >= 15 is 0 Å². The van der Waals surface area contributed by atoms with Crippen LogP contribution in [0.15, 0.2) is 15.8 Å². The minimum absolute atomic E-state index is 0.117. The van der Waals surface area contributed by atoms with Crippen molar-refractivity contribution < 1.29 is 35.0 Å². The molecule has 148 valence electrons. The minimum atomic E-state index is -0.921. The van der Waals surface area contributed by atoms with Gasteiger partial charge in [0, 0.05) is 18.2 Å². The number of rotatable bonds is 3. The average molecular weight is 376 g/mol. The van der Waals surface area contributed by atoms with Gasteiger partial charge in [0.25, 0.3) is 5.56 Å². The van der Waals surface area contributed by atoms with Gasteiger partial charge >= 0.3 is 5.69 Å². The maximum atomic E-state index is 11.6. The number of hydrogen-bond donors (Lipinski definition) is 6. The van der Waals surface area contributed by atoms with E-state index in [0.29, 0.717) is 5.56 Å². The zero-order valence-electron chi connectivity index (χ0n) is 14.2. The molecule has 0 aromatic carbocycles. The average Bonchev–Trinajstić information content (AvgIpc) is 3.14. The van der Waals surface area contributed by atoms with Gasteiger partial charge in [0.1, 0.15) is 30.6 Å². The monoisotopic (exact) mass is 376 g/mol. The van der Waals surface area contributed by atoms with Crippen molar-refractivity contribution in [3.8, 4) is 0 Å². The van der Waals surface area contributed by atoms with Crippen molar-refractivity contribution in [2.45, 2.75) is 50.1 Å². The Morgan fingerprint density at radius 1 is 1.15 bits per heavy atom. The van der Waals surface area contributed by atoms with Crippen LogP contribution in [0.2, 0.25) is 0 Å². The van der Waals surface area contributed by atoms with Crippen LogP contribution in [0.4, 0.5) is 0 Å². The Bertz CT molecular complexity index is 703. The van der Waals surface area contributed by atoms with E-state index in [4.69, 9.17) is 29.9 Å². The van der Waals surface area contributed by atoms with Gasteiger partial charge in [0.2, 0.25) is 0 Å². The predicted molar refractivity (Wildman–Crippen MR) is 86.5 cm³/mol. The molecule has 2 fully saturated rings. The number of hydrogen-bond acceptors (Lipinski definition) is 9. The molecule has 0 aliphatic carbocycles. The lowest BCUT2D eigenvalue weighted by Crippen LogP contribution is -2.33. The molecular formula is C15H24N2O9. The number of H-pyrrole nitrogens is 1. The van der Waals surface area contributed by atoms with E-state index in [0.717, 1.165) is 0 Å². The van der Waals surface area contributed by atoms with Crippen molar-refractivity contribution in [2.24, 2.45) is 0 Å². The predicted octanol–water partition coefficient (Wildman–Crippen LogP) is -3.41. The maximum absolute atomic E-state index is 11.6. The minimum Gasteiger partial charge on any atom is -0.394 e. The lowest BCUT2D eigenvalue weighted by molar-refractivity contribution is -0.0459. The smallest absolute Gasteiger partial charge is 0.330 e. The van der Waals surface area contributed by atoms with Gasteiger partial charge in [0.05, 0.1) is 25.9 Å². The van der Waals surface area contributed by atoms with Crippen LogP contribution >= 0.6 is 0 Å². The molecule has 6 N–H and O–H groups in total. The highest BCUT2D eigenvalue weighted by atomic mass is 16.5. The van der Waals surface area contributed by atoms with Crippen LogP contribution in [-0.4, -0.2) is 85.4 Å². The highest BCUT2D eigenvalue weighted by Gasteiger charge is 2.35. The number of nitrogens with zero attached hydrogens (tertiary/aromatic N) is 1. The van der Waals surface area contributed by atoms with E-state index in [1.54, 1.807) is 6.92 Å². The second-order valence-electron chi connectivity index (χ2n) is 6.21. The van der Waals surface area contributed by atoms with Crippen molar-refractivity contribution in [2.75, 3.05) is 19.8 Å². The first-order chi connectivity index (χ1) is 12.3. The van der Waals surface area contributed by atoms with Crippen LogP contribution in [-0.2, 0) is 9.47 Å². The first-order valence-corrected chi connectivity index (χ1v) is 8.13. The van der Waals surface area contributed by atoms with Crippen LogP contribution in [0.5, 0.6) is 0 Å². The van der Waals surface area contributed by atoms with Gasteiger partial charge in [-0.25, -0.2) is 4.79 Å². The third kappa shape index (κ3) is 4.57. The molecule has 1 aromatic heterocycles. The van der Waals surface area contributed by atoms with E-state index in [1.807, 2.05) is 0 Å². The Balaban J connectivity index is 0.000000228. The highest BCUT2D eigenvalue weighted by molar-refractivity contribution is 5.02. The number of nitrogens with one attached hydrogen (secondary N) is 1. The van der Waals surface area contributed by atoms with Crippen molar-refractivity contribution in [3.05, 3.63) is 32.6 Å². The zero-order chi connectivity index (χ0) is 19.4. The van der Waals surface area contributed by atoms with Gasteiger partial charge in [-0.2, -0.15) is 0 Å². The molecule has 0 radical (unpaired) electrons. The number of aromatic nitrogens is 2. The Kier molecular flexibility index (Phi) is 7.06. The quantitative estimate of drug-likeness (QED) is 0.314. The van der Waals surface area contributed by atoms with Crippen molar-refractivity contribution >= 4 is 0 Å². The molecule has 11 nitrogen and oxygen atoms in total. The number of aliphatic hydroxyl groups excluding tert-OH is 5. The molecule has 0 spiro atoms. The molecule has 6 atom stereocenters. The summed E-state index contributed by atoms with van der Waals surface area (Å²) < 4.78 is 11.3. The third-order valence-corrected chi connectivity index (χ3v) is 4.28. The number of aryl methyl sites for hydroxylation is 1. The summed E-state index contributed by atoms with van der Waals surface area (Å²) in [7, 11) is 0. The first kappa shape index (κ1) is 20.7. The fraction of sp³-hybridized carbons (Fsp3) is 0.733. The van der Waals surface area contributed by atoms with Gasteiger partial charge in [-0.15, -0.1) is 0 Å². The molecule has 3 rings (SSSR count). The van der Waals surface area contributed by atoms with Gasteiger partial charge in [-0.05, 0) is 6.92 Å². The highest BCUT2D eigenvalue weighted by Crippen LogP contribution is 2.27. The summed E-state index contributed by atoms with van der Waals surface area (Å²) >= 11 is 0. The molecule has 2 aliphatic rings. The van der Waals surface area contributed by atoms with Gasteiger partial charge in [-0.3, -0.25) is 14.3 Å². The fourth-order valence-corrected chi connectivity index (χ4v) is 2.68. The van der Waals surface area contributed by atoms with Gasteiger partial charge in [0.15, 0.2) is 0 Å².